The molecule has 32 valence electrons. The molecule has 0 saturated heterocycles. The van der Waals surface area contributed by atoms with Crippen molar-refractivity contribution in [3.05, 3.63) is 16.6 Å². The fourth-order valence-corrected chi connectivity index (χ4v) is 0.618. The molecule has 3 heteroatoms. The van der Waals surface area contributed by atoms with E-state index in [1.165, 1.54) is 0 Å². The van der Waals surface area contributed by atoms with Gasteiger partial charge < -0.3 is 4.98 Å². The Hall–Kier alpha value is 1.44. The number of hydrogen-bond donors (Lipinski definition) is 0. The van der Waals surface area contributed by atoms with Crippen molar-refractivity contribution in [1.29, 1.82) is 0 Å². The van der Waals surface area contributed by atoms with E-state index >= 15 is 0 Å². The fourth-order valence-electron chi connectivity index (χ4n) is 0.249. The van der Waals surface area contributed by atoms with Crippen LogP contribution in [-0.4, -0.2) is 4.98 Å². The molecule has 0 radical (unpaired) electrons. The SMILES string of the molecule is Cc1[c-]ncs1.[Rb+]. The van der Waals surface area contributed by atoms with Crippen LogP contribution in [0.4, 0.5) is 0 Å². The van der Waals surface area contributed by atoms with Crippen LogP contribution in [0.5, 0.6) is 0 Å². The maximum atomic E-state index is 3.72. The van der Waals surface area contributed by atoms with E-state index < -0.39 is 0 Å². The summed E-state index contributed by atoms with van der Waals surface area (Å²) in [5, 5.41) is 0. The first-order valence-electron chi connectivity index (χ1n) is 1.67. The van der Waals surface area contributed by atoms with Gasteiger partial charge in [-0.2, -0.15) is 0 Å². The predicted octanol–water partition coefficient (Wildman–Crippen LogP) is -1.74. The summed E-state index contributed by atoms with van der Waals surface area (Å²) >= 11 is 1.61. The molecule has 0 fully saturated rings. The maximum Gasteiger partial charge on any atom is 1.00 e. The van der Waals surface area contributed by atoms with Gasteiger partial charge in [0.1, 0.15) is 0 Å². The molecule has 1 aromatic heterocycles. The summed E-state index contributed by atoms with van der Waals surface area (Å²) in [4.78, 5) is 4.86. The number of aromatic nitrogens is 1. The molecular formula is C4H4NRbS. The third kappa shape index (κ3) is 3.09. The molecule has 0 amide bonds. The van der Waals surface area contributed by atoms with E-state index in [9.17, 15) is 0 Å². The van der Waals surface area contributed by atoms with E-state index in [1.54, 1.807) is 16.8 Å². The van der Waals surface area contributed by atoms with Crippen LogP contribution in [-0.2, 0) is 0 Å². The monoisotopic (exact) mass is 183 g/mol. The molecule has 0 aliphatic carbocycles. The minimum absolute atomic E-state index is 0. The zero-order chi connectivity index (χ0) is 4.41. The normalized spacial score (nSPS) is 7.57. The quantitative estimate of drug-likeness (QED) is 0.435. The van der Waals surface area contributed by atoms with E-state index in [-0.39, 0.29) is 58.2 Å². The maximum absolute atomic E-state index is 3.72. The average Bonchev–Trinajstić information content (AvgIpc) is 1.86. The minimum Gasteiger partial charge on any atom is -0.448 e. The van der Waals surface area contributed by atoms with Crippen LogP contribution >= 0.6 is 11.3 Å². The Kier molecular flexibility index (Phi) is 5.21. The number of aryl methyl sites for hydroxylation is 1. The Morgan fingerprint density at radius 1 is 1.86 bits per heavy atom. The Labute approximate surface area is 95.9 Å². The van der Waals surface area contributed by atoms with Crippen LogP contribution in [0, 0.1) is 13.1 Å². The van der Waals surface area contributed by atoms with Crippen LogP contribution in [0.15, 0.2) is 5.51 Å². The van der Waals surface area contributed by atoms with Crippen molar-refractivity contribution < 1.29 is 58.2 Å². The first-order valence-corrected chi connectivity index (χ1v) is 2.55. The number of nitrogens with zero attached hydrogens (tertiary/aromatic N) is 1. The smallest absolute Gasteiger partial charge is 0.448 e. The molecule has 1 rings (SSSR count). The summed E-state index contributed by atoms with van der Waals surface area (Å²) in [7, 11) is 0. The Morgan fingerprint density at radius 3 is 2.71 bits per heavy atom. The standard InChI is InChI=1S/C4H4NS.Rb/c1-4-2-5-3-6-4;/h3H,1H3;/q-1;+1. The molecule has 0 saturated carbocycles. The molecule has 0 atom stereocenters. The molecule has 0 spiro atoms. The van der Waals surface area contributed by atoms with E-state index in [0.717, 1.165) is 4.88 Å². The van der Waals surface area contributed by atoms with E-state index in [2.05, 4.69) is 11.2 Å². The van der Waals surface area contributed by atoms with E-state index in [4.69, 9.17) is 0 Å². The van der Waals surface area contributed by atoms with Crippen LogP contribution in [0.3, 0.4) is 0 Å². The van der Waals surface area contributed by atoms with Gasteiger partial charge in [-0.25, -0.2) is 11.3 Å². The Balaban J connectivity index is 0.000000360. The second kappa shape index (κ2) is 4.33. The van der Waals surface area contributed by atoms with Crippen molar-refractivity contribution in [3.63, 3.8) is 0 Å². The number of rotatable bonds is 0. The van der Waals surface area contributed by atoms with E-state index in [1.807, 2.05) is 6.92 Å². The minimum atomic E-state index is 0. The number of hydrogen-bond acceptors (Lipinski definition) is 2. The van der Waals surface area contributed by atoms with Crippen molar-refractivity contribution in [2.45, 2.75) is 6.92 Å². The fraction of sp³-hybridized carbons (Fsp3) is 0.250. The molecule has 0 aliphatic rings. The first kappa shape index (κ1) is 8.44. The molecule has 0 bridgehead atoms. The molecule has 0 aliphatic heterocycles. The molecule has 1 heterocycles. The molecule has 7 heavy (non-hydrogen) atoms. The van der Waals surface area contributed by atoms with Gasteiger partial charge in [0.25, 0.3) is 0 Å². The molecule has 0 unspecified atom stereocenters. The van der Waals surface area contributed by atoms with Gasteiger partial charge >= 0.3 is 58.2 Å². The second-order valence-corrected chi connectivity index (χ2v) is 2.08. The second-order valence-electron chi connectivity index (χ2n) is 1.02. The third-order valence-corrected chi connectivity index (χ3v) is 1.16. The van der Waals surface area contributed by atoms with Gasteiger partial charge in [-0.1, -0.05) is 10.4 Å². The van der Waals surface area contributed by atoms with Crippen molar-refractivity contribution in [3.8, 4) is 0 Å². The van der Waals surface area contributed by atoms with Gasteiger partial charge in [-0.3, -0.25) is 0 Å². The Morgan fingerprint density at radius 2 is 2.57 bits per heavy atom. The van der Waals surface area contributed by atoms with E-state index in [0.29, 0.717) is 0 Å². The Bertz CT molecular complexity index is 115. The van der Waals surface area contributed by atoms with Crippen LogP contribution < -0.4 is 58.2 Å². The van der Waals surface area contributed by atoms with Crippen molar-refractivity contribution in [2.75, 3.05) is 0 Å². The topological polar surface area (TPSA) is 12.9 Å². The molecule has 0 N–H and O–H groups in total. The van der Waals surface area contributed by atoms with Crippen molar-refractivity contribution in [2.24, 2.45) is 0 Å². The zero-order valence-corrected chi connectivity index (χ0v) is 10.2. The van der Waals surface area contributed by atoms with Gasteiger partial charge in [0.05, 0.1) is 0 Å². The third-order valence-electron chi connectivity index (χ3n) is 0.504. The summed E-state index contributed by atoms with van der Waals surface area (Å²) in [6, 6.07) is 0. The summed E-state index contributed by atoms with van der Waals surface area (Å²) in [6.07, 6.45) is 2.77. The number of thiazole rings is 1. The van der Waals surface area contributed by atoms with Gasteiger partial charge in [0.2, 0.25) is 0 Å². The molecule has 1 aromatic rings. The molecular weight excluding hydrogens is 180 g/mol. The first-order chi connectivity index (χ1) is 2.89. The summed E-state index contributed by atoms with van der Waals surface area (Å²) in [6.45, 7) is 1.98. The van der Waals surface area contributed by atoms with Gasteiger partial charge in [-0.15, -0.1) is 6.20 Å². The molecule has 0 aromatic carbocycles. The zero-order valence-electron chi connectivity index (χ0n) is 4.43. The van der Waals surface area contributed by atoms with Gasteiger partial charge in [-0.05, 0) is 6.92 Å². The average molecular weight is 184 g/mol. The van der Waals surface area contributed by atoms with Crippen LogP contribution in [0.2, 0.25) is 0 Å². The van der Waals surface area contributed by atoms with Crippen LogP contribution in [0.25, 0.3) is 0 Å². The largest absolute Gasteiger partial charge is 1.00 e. The predicted molar refractivity (Wildman–Crippen MR) is 25.7 cm³/mol. The van der Waals surface area contributed by atoms with Crippen molar-refractivity contribution >= 4 is 11.3 Å². The molecule has 1 nitrogen and oxygen atoms in total. The summed E-state index contributed by atoms with van der Waals surface area (Å²) in [5.41, 5.74) is 1.77. The van der Waals surface area contributed by atoms with Gasteiger partial charge in [0.15, 0.2) is 0 Å². The summed E-state index contributed by atoms with van der Waals surface area (Å²) < 4.78 is 0. The summed E-state index contributed by atoms with van der Waals surface area (Å²) in [5.74, 6) is 0. The van der Waals surface area contributed by atoms with Crippen molar-refractivity contribution in [1.82, 2.24) is 4.98 Å². The van der Waals surface area contributed by atoms with Crippen LogP contribution in [0.1, 0.15) is 4.88 Å². The van der Waals surface area contributed by atoms with Gasteiger partial charge in [0, 0.05) is 0 Å².